The van der Waals surface area contributed by atoms with E-state index in [2.05, 4.69) is 10.3 Å². The van der Waals surface area contributed by atoms with Crippen molar-refractivity contribution in [3.05, 3.63) is 53.6 Å². The molecule has 0 bridgehead atoms. The molecular weight excluding hydrogens is 432 g/mol. The molecule has 1 aromatic carbocycles. The Balaban J connectivity index is 2.04. The number of halogens is 4. The van der Waals surface area contributed by atoms with Gasteiger partial charge in [0.25, 0.3) is 5.91 Å². The van der Waals surface area contributed by atoms with E-state index in [1.807, 2.05) is 0 Å². The Morgan fingerprint density at radius 1 is 1.22 bits per heavy atom. The second-order valence-corrected chi connectivity index (χ2v) is 7.82. The number of ketones is 1. The molecule has 1 amide bonds. The maximum atomic E-state index is 13.9. The van der Waals surface area contributed by atoms with Crippen LogP contribution in [0.2, 0.25) is 0 Å². The van der Waals surface area contributed by atoms with Crippen molar-refractivity contribution in [1.82, 2.24) is 4.98 Å². The van der Waals surface area contributed by atoms with Crippen molar-refractivity contribution in [2.24, 2.45) is 5.92 Å². The summed E-state index contributed by atoms with van der Waals surface area (Å²) in [7, 11) is 1.26. The number of aromatic nitrogens is 1. The highest BCUT2D eigenvalue weighted by Gasteiger charge is 2.65. The van der Waals surface area contributed by atoms with E-state index in [1.54, 1.807) is 0 Å². The monoisotopic (exact) mass is 454 g/mol. The lowest BCUT2D eigenvalue weighted by molar-refractivity contribution is -0.272. The standard InChI is InChI=1S/C22H22F4N2O4/c1-11-18(15-6-5-13(23)9-17(15)31-4)19(32-21(11,3)22(24,25)26)20(30)28-14-7-8-27-16(10-14)12(2)29/h5-11,18-19H,1-4H3,(H,27,28,30)/t11-,18+,19-,21-/m0/s1. The first-order valence-electron chi connectivity index (χ1n) is 9.75. The number of amides is 1. The van der Waals surface area contributed by atoms with E-state index in [0.717, 1.165) is 19.1 Å². The number of carbonyl (C=O) groups is 2. The first-order valence-corrected chi connectivity index (χ1v) is 9.75. The summed E-state index contributed by atoms with van der Waals surface area (Å²) in [6.07, 6.45) is -5.04. The second kappa shape index (κ2) is 8.50. The van der Waals surface area contributed by atoms with Crippen LogP contribution >= 0.6 is 0 Å². The number of hydrogen-bond donors (Lipinski definition) is 1. The SMILES string of the molecule is COc1cc(F)ccc1[C@@H]1[C@@H](C(=O)Nc2ccnc(C(C)=O)c2)O[C@](C)(C(F)(F)F)[C@H]1C. The van der Waals surface area contributed by atoms with E-state index < -0.39 is 41.4 Å². The number of benzene rings is 1. The van der Waals surface area contributed by atoms with Crippen molar-refractivity contribution < 1.29 is 36.6 Å². The lowest BCUT2D eigenvalue weighted by Gasteiger charge is -2.32. The Labute approximate surface area is 181 Å². The lowest BCUT2D eigenvalue weighted by atomic mass is 9.77. The quantitative estimate of drug-likeness (QED) is 0.531. The smallest absolute Gasteiger partial charge is 0.417 e. The Hall–Kier alpha value is -3.01. The predicted molar refractivity (Wildman–Crippen MR) is 107 cm³/mol. The predicted octanol–water partition coefficient (Wildman–Crippen LogP) is 4.51. The van der Waals surface area contributed by atoms with Crippen molar-refractivity contribution >= 4 is 17.4 Å². The number of ether oxygens (including phenoxy) is 2. The summed E-state index contributed by atoms with van der Waals surface area (Å²) < 4.78 is 66.1. The lowest BCUT2D eigenvalue weighted by Crippen LogP contribution is -2.47. The molecular formula is C22H22F4N2O4. The van der Waals surface area contributed by atoms with E-state index in [9.17, 15) is 27.2 Å². The third kappa shape index (κ3) is 4.19. The van der Waals surface area contributed by atoms with Crippen molar-refractivity contribution in [2.45, 2.75) is 44.6 Å². The molecule has 1 N–H and O–H groups in total. The van der Waals surface area contributed by atoms with Crippen LogP contribution in [0.3, 0.4) is 0 Å². The fourth-order valence-electron chi connectivity index (χ4n) is 3.90. The average Bonchev–Trinajstić information content (AvgIpc) is 3.00. The summed E-state index contributed by atoms with van der Waals surface area (Å²) in [6, 6.07) is 6.14. The molecule has 1 fully saturated rings. The maximum absolute atomic E-state index is 13.9. The van der Waals surface area contributed by atoms with Crippen LogP contribution in [0.4, 0.5) is 23.2 Å². The number of methoxy groups -OCH3 is 1. The van der Waals surface area contributed by atoms with Gasteiger partial charge in [0, 0.05) is 42.3 Å². The number of rotatable bonds is 5. The van der Waals surface area contributed by atoms with Crippen LogP contribution in [0.5, 0.6) is 5.75 Å². The van der Waals surface area contributed by atoms with Gasteiger partial charge < -0.3 is 14.8 Å². The number of alkyl halides is 3. The third-order valence-electron chi connectivity index (χ3n) is 5.87. The van der Waals surface area contributed by atoms with Crippen LogP contribution in [0, 0.1) is 11.7 Å². The van der Waals surface area contributed by atoms with E-state index in [1.165, 1.54) is 45.4 Å². The molecule has 1 aliphatic rings. The number of carbonyl (C=O) groups excluding carboxylic acids is 2. The molecule has 2 aromatic rings. The highest BCUT2D eigenvalue weighted by molar-refractivity contribution is 5.97. The summed E-state index contributed by atoms with van der Waals surface area (Å²) in [6.45, 7) is 3.50. The molecule has 0 saturated carbocycles. The minimum Gasteiger partial charge on any atom is -0.496 e. The normalized spacial score (nSPS) is 25.4. The van der Waals surface area contributed by atoms with Gasteiger partial charge in [0.1, 0.15) is 23.4 Å². The van der Waals surface area contributed by atoms with Crippen molar-refractivity contribution in [1.29, 1.82) is 0 Å². The molecule has 0 unspecified atom stereocenters. The highest BCUT2D eigenvalue weighted by atomic mass is 19.4. The van der Waals surface area contributed by atoms with E-state index >= 15 is 0 Å². The molecule has 1 aliphatic heterocycles. The summed E-state index contributed by atoms with van der Waals surface area (Å²) in [4.78, 5) is 28.5. The maximum Gasteiger partial charge on any atom is 0.417 e. The zero-order chi connectivity index (χ0) is 23.8. The number of anilines is 1. The molecule has 172 valence electrons. The molecule has 2 heterocycles. The van der Waals surface area contributed by atoms with Crippen molar-refractivity contribution in [2.75, 3.05) is 12.4 Å². The molecule has 0 spiro atoms. The zero-order valence-electron chi connectivity index (χ0n) is 17.8. The fourth-order valence-corrected chi connectivity index (χ4v) is 3.90. The Bertz CT molecular complexity index is 1040. The second-order valence-electron chi connectivity index (χ2n) is 7.82. The highest BCUT2D eigenvalue weighted by Crippen LogP contribution is 2.54. The van der Waals surface area contributed by atoms with Crippen molar-refractivity contribution in [3.8, 4) is 5.75 Å². The van der Waals surface area contributed by atoms with Crippen LogP contribution < -0.4 is 10.1 Å². The third-order valence-corrected chi connectivity index (χ3v) is 5.87. The molecule has 4 atom stereocenters. The van der Waals surface area contributed by atoms with Gasteiger partial charge in [-0.05, 0) is 25.1 Å². The summed E-state index contributed by atoms with van der Waals surface area (Å²) in [5.74, 6) is -4.11. The van der Waals surface area contributed by atoms with Gasteiger partial charge in [0.05, 0.1) is 7.11 Å². The summed E-state index contributed by atoms with van der Waals surface area (Å²) in [5.41, 5.74) is -2.16. The first-order chi connectivity index (χ1) is 14.9. The van der Waals surface area contributed by atoms with E-state index in [0.29, 0.717) is 0 Å². The molecule has 32 heavy (non-hydrogen) atoms. The summed E-state index contributed by atoms with van der Waals surface area (Å²) >= 11 is 0. The number of hydrogen-bond acceptors (Lipinski definition) is 5. The van der Waals surface area contributed by atoms with Gasteiger partial charge >= 0.3 is 6.18 Å². The van der Waals surface area contributed by atoms with Crippen LogP contribution in [0.25, 0.3) is 0 Å². The molecule has 1 saturated heterocycles. The Morgan fingerprint density at radius 2 is 1.91 bits per heavy atom. The van der Waals surface area contributed by atoms with E-state index in [4.69, 9.17) is 9.47 Å². The van der Waals surface area contributed by atoms with Crippen LogP contribution in [-0.2, 0) is 9.53 Å². The van der Waals surface area contributed by atoms with Gasteiger partial charge in [-0.2, -0.15) is 13.2 Å². The van der Waals surface area contributed by atoms with Crippen LogP contribution in [0.1, 0.15) is 42.7 Å². The van der Waals surface area contributed by atoms with Gasteiger partial charge in [-0.1, -0.05) is 13.0 Å². The van der Waals surface area contributed by atoms with Gasteiger partial charge in [-0.15, -0.1) is 0 Å². The summed E-state index contributed by atoms with van der Waals surface area (Å²) in [5, 5.41) is 2.50. The number of pyridine rings is 1. The van der Waals surface area contributed by atoms with Gasteiger partial charge in [-0.3, -0.25) is 14.6 Å². The Morgan fingerprint density at radius 3 is 2.50 bits per heavy atom. The van der Waals surface area contributed by atoms with Gasteiger partial charge in [0.2, 0.25) is 0 Å². The molecule has 0 radical (unpaired) electrons. The van der Waals surface area contributed by atoms with Crippen molar-refractivity contribution in [3.63, 3.8) is 0 Å². The first kappa shape index (κ1) is 23.6. The van der Waals surface area contributed by atoms with Crippen LogP contribution in [0.15, 0.2) is 36.5 Å². The molecule has 3 rings (SSSR count). The molecule has 1 aromatic heterocycles. The zero-order valence-corrected chi connectivity index (χ0v) is 17.8. The number of nitrogens with zero attached hydrogens (tertiary/aromatic N) is 1. The van der Waals surface area contributed by atoms with Gasteiger partial charge in [-0.25, -0.2) is 4.39 Å². The minimum absolute atomic E-state index is 0.0115. The largest absolute Gasteiger partial charge is 0.496 e. The average molecular weight is 454 g/mol. The Kier molecular flexibility index (Phi) is 6.28. The molecule has 0 aliphatic carbocycles. The van der Waals surface area contributed by atoms with E-state index in [-0.39, 0.29) is 28.5 Å². The van der Waals surface area contributed by atoms with Gasteiger partial charge in [0.15, 0.2) is 11.4 Å². The minimum atomic E-state index is -4.77. The fraction of sp³-hybridized carbons (Fsp3) is 0.409. The van der Waals surface area contributed by atoms with Crippen LogP contribution in [-0.4, -0.2) is 41.7 Å². The molecule has 10 heteroatoms. The number of Topliss-reactive ketones (excluding diaryl/α,β-unsaturated/α-hetero) is 1. The number of nitrogens with one attached hydrogen (secondary N) is 1. The molecule has 6 nitrogen and oxygen atoms in total. The topological polar surface area (TPSA) is 77.5 Å².